The van der Waals surface area contributed by atoms with Crippen LogP contribution >= 0.6 is 0 Å². The normalized spacial score (nSPS) is 12.5. The summed E-state index contributed by atoms with van der Waals surface area (Å²) in [6.45, 7) is 1.56. The van der Waals surface area contributed by atoms with Crippen molar-refractivity contribution < 1.29 is 18.7 Å². The highest BCUT2D eigenvalue weighted by Crippen LogP contribution is 2.14. The van der Waals surface area contributed by atoms with Gasteiger partial charge in [0.15, 0.2) is 0 Å². The van der Waals surface area contributed by atoms with Crippen molar-refractivity contribution in [2.45, 2.75) is 19.8 Å². The van der Waals surface area contributed by atoms with E-state index in [1.807, 2.05) is 0 Å². The summed E-state index contributed by atoms with van der Waals surface area (Å²) >= 11 is 0. The molecule has 0 aliphatic heterocycles. The molecule has 0 spiro atoms. The Labute approximate surface area is 86.5 Å². The maximum absolute atomic E-state index is 13.1. The number of aryl methyl sites for hydroxylation is 1. The van der Waals surface area contributed by atoms with Crippen LogP contribution in [-0.4, -0.2) is 11.1 Å². The van der Waals surface area contributed by atoms with Crippen molar-refractivity contribution >= 4 is 5.97 Å². The standard InChI is InChI=1S/C11H12F2O2/c1-7(11(14)15)2-3-8-4-5-9(12)6-10(8)13/h4-7H,2-3H2,1H3,(H,14,15). The summed E-state index contributed by atoms with van der Waals surface area (Å²) in [5, 5.41) is 8.62. The zero-order valence-corrected chi connectivity index (χ0v) is 8.34. The predicted octanol–water partition coefficient (Wildman–Crippen LogP) is 2.62. The molecule has 4 heteroatoms. The average Bonchev–Trinajstić information content (AvgIpc) is 2.15. The predicted molar refractivity (Wildman–Crippen MR) is 51.5 cm³/mol. The molecule has 0 radical (unpaired) electrons. The number of aliphatic carboxylic acids is 1. The number of carboxylic acid groups (broad SMARTS) is 1. The van der Waals surface area contributed by atoms with Gasteiger partial charge >= 0.3 is 5.97 Å². The van der Waals surface area contributed by atoms with Crippen molar-refractivity contribution in [1.29, 1.82) is 0 Å². The third-order valence-corrected chi connectivity index (χ3v) is 2.28. The molecule has 0 saturated carbocycles. The molecule has 82 valence electrons. The molecule has 2 nitrogen and oxygen atoms in total. The highest BCUT2D eigenvalue weighted by Gasteiger charge is 2.12. The minimum atomic E-state index is -0.905. The number of rotatable bonds is 4. The van der Waals surface area contributed by atoms with Gasteiger partial charge in [-0.15, -0.1) is 0 Å². The van der Waals surface area contributed by atoms with Crippen molar-refractivity contribution in [3.63, 3.8) is 0 Å². The van der Waals surface area contributed by atoms with E-state index >= 15 is 0 Å². The Balaban J connectivity index is 2.62. The van der Waals surface area contributed by atoms with Crippen LogP contribution in [0.2, 0.25) is 0 Å². The van der Waals surface area contributed by atoms with E-state index in [0.717, 1.165) is 6.07 Å². The summed E-state index contributed by atoms with van der Waals surface area (Å²) in [7, 11) is 0. The zero-order valence-electron chi connectivity index (χ0n) is 8.34. The third-order valence-electron chi connectivity index (χ3n) is 2.28. The van der Waals surface area contributed by atoms with Crippen molar-refractivity contribution in [3.8, 4) is 0 Å². The van der Waals surface area contributed by atoms with Crippen LogP contribution in [0.1, 0.15) is 18.9 Å². The van der Waals surface area contributed by atoms with Crippen LogP contribution in [0, 0.1) is 17.6 Å². The minimum absolute atomic E-state index is 0.305. The summed E-state index contributed by atoms with van der Waals surface area (Å²) in [5.41, 5.74) is 0.351. The Morgan fingerprint density at radius 1 is 1.47 bits per heavy atom. The first-order valence-electron chi connectivity index (χ1n) is 4.67. The van der Waals surface area contributed by atoms with Gasteiger partial charge in [-0.2, -0.15) is 0 Å². The maximum atomic E-state index is 13.1. The molecular formula is C11H12F2O2. The fraction of sp³-hybridized carbons (Fsp3) is 0.364. The fourth-order valence-electron chi connectivity index (χ4n) is 1.22. The van der Waals surface area contributed by atoms with Gasteiger partial charge in [-0.05, 0) is 24.5 Å². The van der Waals surface area contributed by atoms with Crippen LogP contribution < -0.4 is 0 Å². The number of carboxylic acids is 1. The van der Waals surface area contributed by atoms with Gasteiger partial charge in [0.25, 0.3) is 0 Å². The van der Waals surface area contributed by atoms with Crippen LogP contribution in [0.4, 0.5) is 8.78 Å². The lowest BCUT2D eigenvalue weighted by Crippen LogP contribution is -2.10. The lowest BCUT2D eigenvalue weighted by atomic mass is 10.0. The molecule has 0 aromatic heterocycles. The van der Waals surface area contributed by atoms with Crippen LogP contribution in [0.5, 0.6) is 0 Å². The van der Waals surface area contributed by atoms with E-state index in [1.165, 1.54) is 12.1 Å². The van der Waals surface area contributed by atoms with Crippen molar-refractivity contribution in [2.75, 3.05) is 0 Å². The van der Waals surface area contributed by atoms with E-state index in [9.17, 15) is 13.6 Å². The molecule has 1 aromatic carbocycles. The second-order valence-corrected chi connectivity index (χ2v) is 3.51. The maximum Gasteiger partial charge on any atom is 0.306 e. The molecule has 1 N–H and O–H groups in total. The van der Waals surface area contributed by atoms with Crippen molar-refractivity contribution in [1.82, 2.24) is 0 Å². The van der Waals surface area contributed by atoms with E-state index in [1.54, 1.807) is 6.92 Å². The number of benzene rings is 1. The van der Waals surface area contributed by atoms with Crippen molar-refractivity contribution in [3.05, 3.63) is 35.4 Å². The first kappa shape index (κ1) is 11.6. The van der Waals surface area contributed by atoms with Gasteiger partial charge in [0.05, 0.1) is 5.92 Å². The number of hydrogen-bond donors (Lipinski definition) is 1. The SMILES string of the molecule is CC(CCc1ccc(F)cc1F)C(=O)O. The Bertz CT molecular complexity index is 364. The monoisotopic (exact) mass is 214 g/mol. The molecule has 0 aliphatic rings. The molecule has 0 amide bonds. The molecule has 0 heterocycles. The van der Waals surface area contributed by atoms with E-state index in [2.05, 4.69) is 0 Å². The van der Waals surface area contributed by atoms with E-state index in [0.29, 0.717) is 18.4 Å². The summed E-state index contributed by atoms with van der Waals surface area (Å²) in [4.78, 5) is 10.5. The molecule has 1 aromatic rings. The molecule has 0 aliphatic carbocycles. The molecule has 1 atom stereocenters. The van der Waals surface area contributed by atoms with E-state index in [-0.39, 0.29) is 0 Å². The van der Waals surface area contributed by atoms with Crippen LogP contribution in [0.3, 0.4) is 0 Å². The minimum Gasteiger partial charge on any atom is -0.481 e. The molecule has 0 fully saturated rings. The van der Waals surface area contributed by atoms with Gasteiger partial charge in [-0.25, -0.2) is 8.78 Å². The first-order valence-corrected chi connectivity index (χ1v) is 4.67. The van der Waals surface area contributed by atoms with Gasteiger partial charge in [0, 0.05) is 6.07 Å². The van der Waals surface area contributed by atoms with Gasteiger partial charge in [-0.3, -0.25) is 4.79 Å². The Kier molecular flexibility index (Phi) is 3.77. The topological polar surface area (TPSA) is 37.3 Å². The summed E-state index contributed by atoms with van der Waals surface area (Å²) in [5.74, 6) is -2.66. The number of hydrogen-bond acceptors (Lipinski definition) is 1. The van der Waals surface area contributed by atoms with Gasteiger partial charge < -0.3 is 5.11 Å². The highest BCUT2D eigenvalue weighted by molar-refractivity contribution is 5.69. The zero-order chi connectivity index (χ0) is 11.4. The van der Waals surface area contributed by atoms with E-state index < -0.39 is 23.5 Å². The second kappa shape index (κ2) is 4.87. The fourth-order valence-corrected chi connectivity index (χ4v) is 1.22. The molecular weight excluding hydrogens is 202 g/mol. The van der Waals surface area contributed by atoms with Crippen LogP contribution in [0.25, 0.3) is 0 Å². The third kappa shape index (κ3) is 3.31. The average molecular weight is 214 g/mol. The first-order chi connectivity index (χ1) is 7.00. The Morgan fingerprint density at radius 3 is 2.67 bits per heavy atom. The highest BCUT2D eigenvalue weighted by atomic mass is 19.1. The van der Waals surface area contributed by atoms with Crippen molar-refractivity contribution in [2.24, 2.45) is 5.92 Å². The van der Waals surface area contributed by atoms with E-state index in [4.69, 9.17) is 5.11 Å². The lowest BCUT2D eigenvalue weighted by molar-refractivity contribution is -0.141. The van der Waals surface area contributed by atoms with Gasteiger partial charge in [0.1, 0.15) is 11.6 Å². The molecule has 0 saturated heterocycles. The molecule has 1 rings (SSSR count). The largest absolute Gasteiger partial charge is 0.481 e. The number of carbonyl (C=O) groups is 1. The smallest absolute Gasteiger partial charge is 0.306 e. The summed E-state index contributed by atoms with van der Waals surface area (Å²) in [6, 6.07) is 3.32. The summed E-state index contributed by atoms with van der Waals surface area (Å²) < 4.78 is 25.7. The quantitative estimate of drug-likeness (QED) is 0.836. The van der Waals surface area contributed by atoms with Gasteiger partial charge in [-0.1, -0.05) is 13.0 Å². The lowest BCUT2D eigenvalue weighted by Gasteiger charge is -2.06. The summed E-state index contributed by atoms with van der Waals surface area (Å²) in [6.07, 6.45) is 0.650. The Hall–Kier alpha value is -1.45. The van der Waals surface area contributed by atoms with Crippen LogP contribution in [-0.2, 0) is 11.2 Å². The number of halogens is 2. The second-order valence-electron chi connectivity index (χ2n) is 3.51. The molecule has 1 unspecified atom stereocenters. The molecule has 15 heavy (non-hydrogen) atoms. The van der Waals surface area contributed by atoms with Gasteiger partial charge in [0.2, 0.25) is 0 Å². The van der Waals surface area contributed by atoms with Crippen LogP contribution in [0.15, 0.2) is 18.2 Å². The molecule has 0 bridgehead atoms. The Morgan fingerprint density at radius 2 is 2.13 bits per heavy atom.